The smallest absolute Gasteiger partial charge is 0.255 e. The number of carbonyl (C=O) groups is 3. The summed E-state index contributed by atoms with van der Waals surface area (Å²) < 4.78 is 11.4. The first-order valence-corrected chi connectivity index (χ1v) is 11.6. The van der Waals surface area contributed by atoms with Gasteiger partial charge in [-0.2, -0.15) is 0 Å². The molecule has 7 heteroatoms. The molecule has 0 unspecified atom stereocenters. The van der Waals surface area contributed by atoms with E-state index in [9.17, 15) is 14.4 Å². The lowest BCUT2D eigenvalue weighted by Gasteiger charge is -2.18. The van der Waals surface area contributed by atoms with Crippen LogP contribution in [-0.4, -0.2) is 30.8 Å². The molecule has 2 amide bonds. The van der Waals surface area contributed by atoms with Crippen molar-refractivity contribution >= 4 is 29.0 Å². The molecule has 0 aromatic heterocycles. The molecule has 0 aliphatic carbocycles. The number of anilines is 2. The lowest BCUT2D eigenvalue weighted by atomic mass is 10.0. The lowest BCUT2D eigenvalue weighted by Crippen LogP contribution is -2.16. The number of rotatable bonds is 11. The maximum atomic E-state index is 12.7. The molecule has 2 N–H and O–H groups in total. The predicted molar refractivity (Wildman–Crippen MR) is 137 cm³/mol. The summed E-state index contributed by atoms with van der Waals surface area (Å²) in [5, 5.41) is 5.67. The van der Waals surface area contributed by atoms with Gasteiger partial charge >= 0.3 is 0 Å². The average molecular weight is 475 g/mol. The number of Topliss-reactive ketones (excluding diaryl/α,β-unsaturated/α-hetero) is 1. The molecule has 35 heavy (non-hydrogen) atoms. The fraction of sp³-hybridized carbons (Fsp3) is 0.250. The van der Waals surface area contributed by atoms with Crippen LogP contribution in [0, 0.1) is 6.92 Å². The van der Waals surface area contributed by atoms with Crippen LogP contribution in [0.25, 0.3) is 0 Å². The summed E-state index contributed by atoms with van der Waals surface area (Å²) in [5.41, 5.74) is 2.98. The van der Waals surface area contributed by atoms with Crippen molar-refractivity contribution in [2.24, 2.45) is 0 Å². The van der Waals surface area contributed by atoms with E-state index < -0.39 is 0 Å². The third-order valence-corrected chi connectivity index (χ3v) is 5.19. The number of hydrogen-bond donors (Lipinski definition) is 2. The van der Waals surface area contributed by atoms with Crippen LogP contribution in [0.1, 0.15) is 53.0 Å². The minimum atomic E-state index is -0.324. The second kappa shape index (κ2) is 12.4. The lowest BCUT2D eigenvalue weighted by molar-refractivity contribution is -0.116. The van der Waals surface area contributed by atoms with Crippen molar-refractivity contribution in [3.05, 3.63) is 83.4 Å². The van der Waals surface area contributed by atoms with Crippen molar-refractivity contribution in [3.63, 3.8) is 0 Å². The summed E-state index contributed by atoms with van der Waals surface area (Å²) in [6, 6.07) is 19.3. The quantitative estimate of drug-likeness (QED) is 0.351. The predicted octanol–water partition coefficient (Wildman–Crippen LogP) is 5.65. The van der Waals surface area contributed by atoms with Crippen molar-refractivity contribution in [2.45, 2.75) is 33.6 Å². The highest BCUT2D eigenvalue weighted by atomic mass is 16.5. The molecule has 0 fully saturated rings. The standard InChI is InChI=1S/C28H30N2O5/c1-4-34-25-18-23(30-28(33)21-9-7-6-8-10-21)26(35-5-2)17-22(25)29-27(32)16-15-24(31)20-13-11-19(3)12-14-20/h6-14,17-18H,4-5,15-16H2,1-3H3,(H,29,32)(H,30,33). The van der Waals surface area contributed by atoms with E-state index in [1.807, 2.05) is 39.0 Å². The van der Waals surface area contributed by atoms with Gasteiger partial charge in [0.1, 0.15) is 11.5 Å². The van der Waals surface area contributed by atoms with E-state index in [0.717, 1.165) is 5.56 Å². The van der Waals surface area contributed by atoms with Crippen LogP contribution in [0.4, 0.5) is 11.4 Å². The highest BCUT2D eigenvalue weighted by Gasteiger charge is 2.17. The minimum absolute atomic E-state index is 0.0226. The first-order valence-electron chi connectivity index (χ1n) is 11.6. The molecule has 0 saturated heterocycles. The van der Waals surface area contributed by atoms with Gasteiger partial charge in [-0.1, -0.05) is 48.0 Å². The van der Waals surface area contributed by atoms with E-state index in [1.165, 1.54) is 0 Å². The molecule has 3 aromatic carbocycles. The Morgan fingerprint density at radius 1 is 0.714 bits per heavy atom. The van der Waals surface area contributed by atoms with Crippen molar-refractivity contribution in [1.29, 1.82) is 0 Å². The van der Waals surface area contributed by atoms with Crippen molar-refractivity contribution in [3.8, 4) is 11.5 Å². The molecule has 7 nitrogen and oxygen atoms in total. The Balaban J connectivity index is 1.75. The highest BCUT2D eigenvalue weighted by molar-refractivity contribution is 6.06. The van der Waals surface area contributed by atoms with Gasteiger partial charge in [-0.05, 0) is 32.9 Å². The fourth-order valence-electron chi connectivity index (χ4n) is 3.41. The summed E-state index contributed by atoms with van der Waals surface area (Å²) >= 11 is 0. The second-order valence-corrected chi connectivity index (χ2v) is 7.87. The maximum absolute atomic E-state index is 12.7. The van der Waals surface area contributed by atoms with Crippen LogP contribution in [0.3, 0.4) is 0 Å². The van der Waals surface area contributed by atoms with Gasteiger partial charge in [0.2, 0.25) is 5.91 Å². The Labute approximate surface area is 205 Å². The largest absolute Gasteiger partial charge is 0.492 e. The van der Waals surface area contributed by atoms with Gasteiger partial charge < -0.3 is 20.1 Å². The molecule has 3 rings (SSSR count). The minimum Gasteiger partial charge on any atom is -0.492 e. The fourth-order valence-corrected chi connectivity index (χ4v) is 3.41. The SMILES string of the molecule is CCOc1cc(NC(=O)c2ccccc2)c(OCC)cc1NC(=O)CCC(=O)c1ccc(C)cc1. The van der Waals surface area contributed by atoms with Gasteiger partial charge in [-0.15, -0.1) is 0 Å². The Bertz CT molecular complexity index is 1170. The van der Waals surface area contributed by atoms with Gasteiger partial charge in [0.25, 0.3) is 5.91 Å². The van der Waals surface area contributed by atoms with Crippen molar-refractivity contribution in [1.82, 2.24) is 0 Å². The van der Waals surface area contributed by atoms with E-state index in [0.29, 0.717) is 47.2 Å². The molecule has 3 aromatic rings. The molecule has 0 bridgehead atoms. The number of amides is 2. The Morgan fingerprint density at radius 2 is 1.29 bits per heavy atom. The highest BCUT2D eigenvalue weighted by Crippen LogP contribution is 2.37. The van der Waals surface area contributed by atoms with Crippen LogP contribution >= 0.6 is 0 Å². The summed E-state index contributed by atoms with van der Waals surface area (Å²) in [4.78, 5) is 37.7. The van der Waals surface area contributed by atoms with Gasteiger partial charge in [-0.3, -0.25) is 14.4 Å². The first kappa shape index (κ1) is 25.5. The third-order valence-electron chi connectivity index (χ3n) is 5.19. The zero-order valence-corrected chi connectivity index (χ0v) is 20.2. The summed E-state index contributed by atoms with van der Waals surface area (Å²) in [6.45, 7) is 6.32. The average Bonchev–Trinajstić information content (AvgIpc) is 2.86. The molecule has 0 aliphatic heterocycles. The van der Waals surface area contributed by atoms with E-state index in [4.69, 9.17) is 9.47 Å². The molecule has 0 heterocycles. The molecule has 0 saturated carbocycles. The number of nitrogens with one attached hydrogen (secondary N) is 2. The molecular formula is C28H30N2O5. The normalized spacial score (nSPS) is 10.4. The maximum Gasteiger partial charge on any atom is 0.255 e. The Kier molecular flexibility index (Phi) is 9.01. The number of ketones is 1. The zero-order valence-electron chi connectivity index (χ0n) is 20.2. The van der Waals surface area contributed by atoms with E-state index in [2.05, 4.69) is 10.6 Å². The van der Waals surface area contributed by atoms with Crippen molar-refractivity contribution in [2.75, 3.05) is 23.8 Å². The van der Waals surface area contributed by atoms with Gasteiger partial charge in [0.05, 0.1) is 24.6 Å². The van der Waals surface area contributed by atoms with Crippen LogP contribution in [0.5, 0.6) is 11.5 Å². The number of ether oxygens (including phenoxy) is 2. The van der Waals surface area contributed by atoms with Gasteiger partial charge in [-0.25, -0.2) is 0 Å². The molecule has 0 spiro atoms. The molecule has 182 valence electrons. The van der Waals surface area contributed by atoms with E-state index >= 15 is 0 Å². The monoisotopic (exact) mass is 474 g/mol. The molecule has 0 aliphatic rings. The zero-order chi connectivity index (χ0) is 25.2. The summed E-state index contributed by atoms with van der Waals surface area (Å²) in [7, 11) is 0. The van der Waals surface area contributed by atoms with Crippen LogP contribution in [0.15, 0.2) is 66.7 Å². The second-order valence-electron chi connectivity index (χ2n) is 7.87. The first-order chi connectivity index (χ1) is 16.9. The summed E-state index contributed by atoms with van der Waals surface area (Å²) in [6.07, 6.45) is 0.108. The number of benzene rings is 3. The van der Waals surface area contributed by atoms with E-state index in [1.54, 1.807) is 48.5 Å². The van der Waals surface area contributed by atoms with Crippen LogP contribution < -0.4 is 20.1 Å². The number of hydrogen-bond acceptors (Lipinski definition) is 5. The summed E-state index contributed by atoms with van der Waals surface area (Å²) in [5.74, 6) is 0.0679. The van der Waals surface area contributed by atoms with Crippen LogP contribution in [-0.2, 0) is 4.79 Å². The molecule has 0 atom stereocenters. The topological polar surface area (TPSA) is 93.7 Å². The Hall–Kier alpha value is -4.13. The number of carbonyl (C=O) groups excluding carboxylic acids is 3. The number of aryl methyl sites for hydroxylation is 1. The third kappa shape index (κ3) is 7.17. The molecule has 0 radical (unpaired) electrons. The van der Waals surface area contributed by atoms with E-state index in [-0.39, 0.29) is 30.4 Å². The van der Waals surface area contributed by atoms with Crippen LogP contribution in [0.2, 0.25) is 0 Å². The molecular weight excluding hydrogens is 444 g/mol. The van der Waals surface area contributed by atoms with Gasteiger partial charge in [0.15, 0.2) is 5.78 Å². The van der Waals surface area contributed by atoms with Gasteiger partial charge in [0, 0.05) is 36.1 Å². The Morgan fingerprint density at radius 3 is 1.86 bits per heavy atom. The van der Waals surface area contributed by atoms with Crippen molar-refractivity contribution < 1.29 is 23.9 Å².